The quantitative estimate of drug-likeness (QED) is 0.809. The van der Waals surface area contributed by atoms with Gasteiger partial charge < -0.3 is 10.2 Å². The van der Waals surface area contributed by atoms with Gasteiger partial charge in [0.2, 0.25) is 5.91 Å². The minimum atomic E-state index is -0.0869. The van der Waals surface area contributed by atoms with Gasteiger partial charge >= 0.3 is 0 Å². The first-order valence-corrected chi connectivity index (χ1v) is 9.75. The molecule has 3 rings (SSSR count). The fourth-order valence-electron chi connectivity index (χ4n) is 3.80. The molecule has 1 amide bonds. The van der Waals surface area contributed by atoms with Gasteiger partial charge in [-0.3, -0.25) is 9.78 Å². The minimum absolute atomic E-state index is 0. The third-order valence-electron chi connectivity index (χ3n) is 5.24. The van der Waals surface area contributed by atoms with Gasteiger partial charge in [0.15, 0.2) is 0 Å². The van der Waals surface area contributed by atoms with Gasteiger partial charge in [0, 0.05) is 12.2 Å². The maximum Gasteiger partial charge on any atom is 0.230 e. The highest BCUT2D eigenvalue weighted by Crippen LogP contribution is 2.26. The van der Waals surface area contributed by atoms with Crippen LogP contribution in [0.15, 0.2) is 54.7 Å². The molecule has 0 aliphatic carbocycles. The van der Waals surface area contributed by atoms with Gasteiger partial charge in [-0.25, -0.2) is 0 Å². The second kappa shape index (κ2) is 11.1. The normalized spacial score (nSPS) is 18.0. The van der Waals surface area contributed by atoms with Crippen molar-refractivity contribution in [1.82, 2.24) is 15.2 Å². The Labute approximate surface area is 168 Å². The summed E-state index contributed by atoms with van der Waals surface area (Å²) < 4.78 is 0. The van der Waals surface area contributed by atoms with Gasteiger partial charge in [0.1, 0.15) is 0 Å². The topological polar surface area (TPSA) is 45.2 Å². The summed E-state index contributed by atoms with van der Waals surface area (Å²) in [4.78, 5) is 20.1. The van der Waals surface area contributed by atoms with E-state index in [0.29, 0.717) is 6.54 Å². The van der Waals surface area contributed by atoms with Crippen molar-refractivity contribution in [1.29, 1.82) is 0 Å². The molecular formula is C22H30ClN3O. The van der Waals surface area contributed by atoms with E-state index in [-0.39, 0.29) is 30.3 Å². The van der Waals surface area contributed by atoms with Crippen LogP contribution in [0.25, 0.3) is 0 Å². The predicted octanol–water partition coefficient (Wildman–Crippen LogP) is 4.17. The van der Waals surface area contributed by atoms with Crippen LogP contribution in [-0.2, 0) is 11.3 Å². The Morgan fingerprint density at radius 3 is 2.63 bits per heavy atom. The van der Waals surface area contributed by atoms with E-state index < -0.39 is 0 Å². The summed E-state index contributed by atoms with van der Waals surface area (Å²) in [6.45, 7) is 4.70. The van der Waals surface area contributed by atoms with Crippen LogP contribution in [0.5, 0.6) is 0 Å². The van der Waals surface area contributed by atoms with Crippen LogP contribution in [0.1, 0.15) is 49.8 Å². The van der Waals surface area contributed by atoms with Gasteiger partial charge in [0.25, 0.3) is 0 Å². The fourth-order valence-corrected chi connectivity index (χ4v) is 3.80. The van der Waals surface area contributed by atoms with E-state index >= 15 is 0 Å². The number of rotatable bonds is 6. The summed E-state index contributed by atoms with van der Waals surface area (Å²) in [5.41, 5.74) is 2.07. The Morgan fingerprint density at radius 2 is 1.93 bits per heavy atom. The molecule has 0 saturated carbocycles. The average Bonchev–Trinajstić information content (AvgIpc) is 2.97. The van der Waals surface area contributed by atoms with E-state index in [1.54, 1.807) is 6.20 Å². The van der Waals surface area contributed by atoms with Crippen molar-refractivity contribution >= 4 is 18.3 Å². The number of halogens is 1. The Kier molecular flexibility index (Phi) is 8.76. The van der Waals surface area contributed by atoms with Crippen molar-refractivity contribution in [2.45, 2.75) is 51.1 Å². The first kappa shape index (κ1) is 21.4. The number of hydrogen-bond donors (Lipinski definition) is 1. The molecule has 2 unspecified atom stereocenters. The maximum absolute atomic E-state index is 13.6. The Morgan fingerprint density at radius 1 is 1.15 bits per heavy atom. The molecule has 0 radical (unpaired) electrons. The van der Waals surface area contributed by atoms with Crippen molar-refractivity contribution < 1.29 is 4.79 Å². The van der Waals surface area contributed by atoms with Crippen LogP contribution in [0.3, 0.4) is 0 Å². The van der Waals surface area contributed by atoms with Crippen LogP contribution in [0, 0.1) is 0 Å². The molecule has 0 bridgehead atoms. The second-order valence-corrected chi connectivity index (χ2v) is 6.99. The number of carbonyl (C=O) groups excluding carboxylic acids is 1. The van der Waals surface area contributed by atoms with E-state index in [0.717, 1.165) is 50.0 Å². The van der Waals surface area contributed by atoms with Crippen LogP contribution in [0.2, 0.25) is 0 Å². The zero-order valence-corrected chi connectivity index (χ0v) is 16.8. The van der Waals surface area contributed by atoms with E-state index in [4.69, 9.17) is 0 Å². The summed E-state index contributed by atoms with van der Waals surface area (Å²) >= 11 is 0. The smallest absolute Gasteiger partial charge is 0.230 e. The largest absolute Gasteiger partial charge is 0.333 e. The van der Waals surface area contributed by atoms with Crippen molar-refractivity contribution in [3.63, 3.8) is 0 Å². The highest BCUT2D eigenvalue weighted by molar-refractivity contribution is 5.85. The molecule has 2 aromatic rings. The molecule has 4 nitrogen and oxygen atoms in total. The zero-order chi connectivity index (χ0) is 18.2. The molecule has 1 fully saturated rings. The molecule has 0 spiro atoms. The molecule has 5 heteroatoms. The standard InChI is InChI=1S/C22H29N3O.ClH/c1-2-21(18-9-4-3-5-10-18)22(26)25(17-19-11-6-7-15-24-19)20-12-8-14-23-16-13-20;/h3-7,9-11,15,20-21,23H,2,8,12-14,16-17H2,1H3;1H. The highest BCUT2D eigenvalue weighted by atomic mass is 35.5. The van der Waals surface area contributed by atoms with Crippen molar-refractivity contribution in [2.75, 3.05) is 13.1 Å². The molecule has 1 aromatic heterocycles. The summed E-state index contributed by atoms with van der Waals surface area (Å²) in [7, 11) is 0. The number of pyridine rings is 1. The first-order valence-electron chi connectivity index (χ1n) is 9.75. The van der Waals surface area contributed by atoms with Gasteiger partial charge in [-0.05, 0) is 56.5 Å². The molecule has 1 aromatic carbocycles. The molecule has 1 aliphatic heterocycles. The average molecular weight is 388 g/mol. The van der Waals surface area contributed by atoms with E-state index in [2.05, 4.69) is 34.3 Å². The molecule has 1 aliphatic rings. The lowest BCUT2D eigenvalue weighted by atomic mass is 9.93. The van der Waals surface area contributed by atoms with E-state index in [1.165, 1.54) is 0 Å². The number of amides is 1. The SMILES string of the molecule is CCC(C(=O)N(Cc1ccccn1)C1CCCNCC1)c1ccccc1.Cl. The van der Waals surface area contributed by atoms with E-state index in [1.807, 2.05) is 36.4 Å². The van der Waals surface area contributed by atoms with Crippen molar-refractivity contribution in [3.8, 4) is 0 Å². The molecule has 2 heterocycles. The monoisotopic (exact) mass is 387 g/mol. The molecular weight excluding hydrogens is 358 g/mol. The maximum atomic E-state index is 13.6. The Hall–Kier alpha value is -1.91. The van der Waals surface area contributed by atoms with Crippen molar-refractivity contribution in [3.05, 3.63) is 66.0 Å². The number of aromatic nitrogens is 1. The summed E-state index contributed by atoms with van der Waals surface area (Å²) in [6, 6.07) is 16.4. The predicted molar refractivity (Wildman–Crippen MR) is 112 cm³/mol. The zero-order valence-electron chi connectivity index (χ0n) is 16.0. The lowest BCUT2D eigenvalue weighted by molar-refractivity contribution is -0.136. The van der Waals surface area contributed by atoms with Gasteiger partial charge in [0.05, 0.1) is 18.2 Å². The second-order valence-electron chi connectivity index (χ2n) is 6.99. The summed E-state index contributed by atoms with van der Waals surface area (Å²) in [6.07, 6.45) is 5.78. The summed E-state index contributed by atoms with van der Waals surface area (Å²) in [5.74, 6) is 0.146. The third-order valence-corrected chi connectivity index (χ3v) is 5.24. The Bertz CT molecular complexity index is 672. The number of hydrogen-bond acceptors (Lipinski definition) is 3. The number of carbonyl (C=O) groups is 1. The Balaban J connectivity index is 0.00000261. The molecule has 1 saturated heterocycles. The number of benzene rings is 1. The lowest BCUT2D eigenvalue weighted by Gasteiger charge is -2.34. The highest BCUT2D eigenvalue weighted by Gasteiger charge is 2.30. The lowest BCUT2D eigenvalue weighted by Crippen LogP contribution is -2.43. The first-order chi connectivity index (χ1) is 12.8. The van der Waals surface area contributed by atoms with Crippen molar-refractivity contribution in [2.24, 2.45) is 0 Å². The molecule has 1 N–H and O–H groups in total. The molecule has 27 heavy (non-hydrogen) atoms. The van der Waals surface area contributed by atoms with Crippen LogP contribution < -0.4 is 5.32 Å². The molecule has 146 valence electrons. The van der Waals surface area contributed by atoms with E-state index in [9.17, 15) is 4.79 Å². The minimum Gasteiger partial charge on any atom is -0.333 e. The number of nitrogens with zero attached hydrogens (tertiary/aromatic N) is 2. The van der Waals surface area contributed by atoms with Gasteiger partial charge in [-0.1, -0.05) is 43.3 Å². The molecule has 2 atom stereocenters. The fraction of sp³-hybridized carbons (Fsp3) is 0.455. The summed E-state index contributed by atoms with van der Waals surface area (Å²) in [5, 5.41) is 3.46. The number of nitrogens with one attached hydrogen (secondary N) is 1. The van der Waals surface area contributed by atoms with Gasteiger partial charge in [-0.2, -0.15) is 0 Å². The van der Waals surface area contributed by atoms with Crippen LogP contribution in [0.4, 0.5) is 0 Å². The third kappa shape index (κ3) is 5.78. The van der Waals surface area contributed by atoms with Crippen LogP contribution >= 0.6 is 12.4 Å². The van der Waals surface area contributed by atoms with Gasteiger partial charge in [-0.15, -0.1) is 12.4 Å². The van der Waals surface area contributed by atoms with Crippen LogP contribution in [-0.4, -0.2) is 34.9 Å².